The first-order valence-electron chi connectivity index (χ1n) is 2.60. The Morgan fingerprint density at radius 2 is 2.10 bits per heavy atom. The molecule has 2 heterocycles. The van der Waals surface area contributed by atoms with Crippen molar-refractivity contribution in [2.24, 2.45) is 0 Å². The van der Waals surface area contributed by atoms with Crippen LogP contribution in [0.4, 0.5) is 0 Å². The normalized spacial score (nSPS) is 11.0. The highest BCUT2D eigenvalue weighted by Gasteiger charge is 2.06. The van der Waals surface area contributed by atoms with Gasteiger partial charge in [-0.3, -0.25) is 0 Å². The molecule has 52 valence electrons. The molecule has 0 bridgehead atoms. The predicted octanol–water partition coefficient (Wildman–Crippen LogP) is 4.49. The summed E-state index contributed by atoms with van der Waals surface area (Å²) in [5.41, 5.74) is 0. The van der Waals surface area contributed by atoms with Crippen LogP contribution in [0.5, 0.6) is 0 Å². The fraction of sp³-hybridized carbons (Fsp3) is 0. The molecule has 0 aliphatic rings. The van der Waals surface area contributed by atoms with E-state index >= 15 is 0 Å². The van der Waals surface area contributed by atoms with Gasteiger partial charge in [0.1, 0.15) is 0 Å². The van der Waals surface area contributed by atoms with E-state index in [1.54, 1.807) is 22.7 Å². The molecule has 0 N–H and O–H groups in total. The molecule has 0 spiro atoms. The van der Waals surface area contributed by atoms with E-state index in [0.29, 0.717) is 0 Å². The molecule has 0 amide bonds. The Morgan fingerprint density at radius 1 is 1.30 bits per heavy atom. The molecule has 2 rings (SSSR count). The molecular weight excluding hydrogens is 296 g/mol. The highest BCUT2D eigenvalue weighted by Crippen LogP contribution is 2.41. The van der Waals surface area contributed by atoms with Crippen LogP contribution in [0.2, 0.25) is 0 Å². The van der Waals surface area contributed by atoms with E-state index in [-0.39, 0.29) is 0 Å². The van der Waals surface area contributed by atoms with Crippen molar-refractivity contribution in [2.45, 2.75) is 0 Å². The molecule has 0 nitrogen and oxygen atoms in total. The number of hydrogen-bond donors (Lipinski definition) is 0. The van der Waals surface area contributed by atoms with Gasteiger partial charge in [0.05, 0.1) is 13.0 Å². The Labute approximate surface area is 83.1 Å². The molecular formula is C6H2Br2S2. The Bertz CT molecular complexity index is 361. The van der Waals surface area contributed by atoms with E-state index in [2.05, 4.69) is 43.3 Å². The lowest BCUT2D eigenvalue weighted by atomic mass is 10.5. The number of fused-ring (bicyclic) bond motifs is 1. The highest BCUT2D eigenvalue weighted by atomic mass is 79.9. The Balaban J connectivity index is 2.95. The molecule has 0 aromatic carbocycles. The van der Waals surface area contributed by atoms with Crippen LogP contribution < -0.4 is 0 Å². The van der Waals surface area contributed by atoms with Gasteiger partial charge in [0.2, 0.25) is 0 Å². The van der Waals surface area contributed by atoms with E-state index in [1.165, 1.54) is 17.7 Å². The summed E-state index contributed by atoms with van der Waals surface area (Å²) in [4.78, 5) is 0. The van der Waals surface area contributed by atoms with Gasteiger partial charge in [-0.1, -0.05) is 0 Å². The van der Waals surface area contributed by atoms with Gasteiger partial charge in [0.25, 0.3) is 0 Å². The van der Waals surface area contributed by atoms with Crippen LogP contribution in [0.1, 0.15) is 0 Å². The number of halogens is 2. The molecule has 0 radical (unpaired) electrons. The standard InChI is InChI=1S/C6H2Br2S2/c7-4-5-3(1-2-9-5)10-6(4)8/h1-2H. The van der Waals surface area contributed by atoms with Gasteiger partial charge in [0.15, 0.2) is 0 Å². The van der Waals surface area contributed by atoms with Crippen molar-refractivity contribution in [1.82, 2.24) is 0 Å². The smallest absolute Gasteiger partial charge is 0.0861 e. The lowest BCUT2D eigenvalue weighted by Crippen LogP contribution is -1.48. The second-order valence-electron chi connectivity index (χ2n) is 1.80. The Hall–Kier alpha value is 0.620. The second-order valence-corrected chi connectivity index (χ2v) is 5.88. The van der Waals surface area contributed by atoms with E-state index in [0.717, 1.165) is 0 Å². The molecule has 0 saturated carbocycles. The second kappa shape index (κ2) is 2.59. The molecule has 0 atom stereocenters. The molecule has 10 heavy (non-hydrogen) atoms. The fourth-order valence-corrected chi connectivity index (χ4v) is 4.35. The summed E-state index contributed by atoms with van der Waals surface area (Å²) >= 11 is 10.5. The van der Waals surface area contributed by atoms with Crippen molar-refractivity contribution >= 4 is 63.9 Å². The summed E-state index contributed by atoms with van der Waals surface area (Å²) in [5.74, 6) is 0. The summed E-state index contributed by atoms with van der Waals surface area (Å²) in [5, 5.41) is 2.11. The molecule has 0 saturated heterocycles. The van der Waals surface area contributed by atoms with E-state index in [1.807, 2.05) is 0 Å². The van der Waals surface area contributed by atoms with E-state index < -0.39 is 0 Å². The van der Waals surface area contributed by atoms with Gasteiger partial charge in [-0.05, 0) is 43.3 Å². The Morgan fingerprint density at radius 3 is 2.80 bits per heavy atom. The molecule has 0 fully saturated rings. The molecule has 2 aromatic rings. The summed E-state index contributed by atoms with van der Waals surface area (Å²) in [6.45, 7) is 0. The van der Waals surface area contributed by atoms with Gasteiger partial charge in [-0.25, -0.2) is 0 Å². The lowest BCUT2D eigenvalue weighted by molar-refractivity contribution is 1.98. The number of rotatable bonds is 0. The van der Waals surface area contributed by atoms with Crippen molar-refractivity contribution in [1.29, 1.82) is 0 Å². The fourth-order valence-electron chi connectivity index (χ4n) is 0.768. The molecule has 0 aliphatic carbocycles. The largest absolute Gasteiger partial charge is 0.142 e. The molecule has 0 unspecified atom stereocenters. The maximum atomic E-state index is 3.50. The SMILES string of the molecule is Brc1sc2ccsc2c1Br. The predicted molar refractivity (Wildman–Crippen MR) is 55.1 cm³/mol. The van der Waals surface area contributed by atoms with Gasteiger partial charge in [-0.2, -0.15) is 0 Å². The minimum atomic E-state index is 1.19. The third-order valence-electron chi connectivity index (χ3n) is 1.20. The minimum absolute atomic E-state index is 1.19. The number of thiophene rings is 2. The van der Waals surface area contributed by atoms with Crippen molar-refractivity contribution in [3.05, 3.63) is 19.7 Å². The average Bonchev–Trinajstić information content (AvgIpc) is 2.41. The molecule has 2 aromatic heterocycles. The first-order chi connectivity index (χ1) is 4.79. The Kier molecular flexibility index (Phi) is 1.88. The van der Waals surface area contributed by atoms with E-state index in [9.17, 15) is 0 Å². The van der Waals surface area contributed by atoms with Crippen LogP contribution in [0, 0.1) is 0 Å². The van der Waals surface area contributed by atoms with Gasteiger partial charge in [0, 0.05) is 4.70 Å². The van der Waals surface area contributed by atoms with Gasteiger partial charge >= 0.3 is 0 Å². The van der Waals surface area contributed by atoms with Crippen molar-refractivity contribution in [2.75, 3.05) is 0 Å². The van der Waals surface area contributed by atoms with Gasteiger partial charge in [-0.15, -0.1) is 22.7 Å². The zero-order valence-electron chi connectivity index (χ0n) is 4.73. The monoisotopic (exact) mass is 296 g/mol. The van der Waals surface area contributed by atoms with Crippen LogP contribution in [0.15, 0.2) is 19.7 Å². The van der Waals surface area contributed by atoms with Crippen molar-refractivity contribution in [3.8, 4) is 0 Å². The highest BCUT2D eigenvalue weighted by molar-refractivity contribution is 9.13. The maximum absolute atomic E-state index is 3.50. The first kappa shape index (κ1) is 7.28. The zero-order chi connectivity index (χ0) is 7.14. The maximum Gasteiger partial charge on any atom is 0.0861 e. The molecule has 0 aliphatic heterocycles. The zero-order valence-corrected chi connectivity index (χ0v) is 9.53. The van der Waals surface area contributed by atoms with Crippen LogP contribution in [0.3, 0.4) is 0 Å². The van der Waals surface area contributed by atoms with Crippen LogP contribution in [-0.4, -0.2) is 0 Å². The number of hydrogen-bond acceptors (Lipinski definition) is 2. The van der Waals surface area contributed by atoms with Crippen LogP contribution in [0.25, 0.3) is 9.40 Å². The van der Waals surface area contributed by atoms with Crippen molar-refractivity contribution in [3.63, 3.8) is 0 Å². The summed E-state index contributed by atoms with van der Waals surface area (Å²) in [6.07, 6.45) is 0. The van der Waals surface area contributed by atoms with Crippen LogP contribution >= 0.6 is 54.5 Å². The van der Waals surface area contributed by atoms with Crippen LogP contribution in [-0.2, 0) is 0 Å². The quantitative estimate of drug-likeness (QED) is 0.672. The summed E-state index contributed by atoms with van der Waals surface area (Å²) < 4.78 is 5.08. The minimum Gasteiger partial charge on any atom is -0.142 e. The van der Waals surface area contributed by atoms with Crippen molar-refractivity contribution < 1.29 is 0 Å². The molecule has 4 heteroatoms. The van der Waals surface area contributed by atoms with E-state index in [4.69, 9.17) is 0 Å². The summed E-state index contributed by atoms with van der Waals surface area (Å²) in [6, 6.07) is 2.14. The first-order valence-corrected chi connectivity index (χ1v) is 5.88. The third kappa shape index (κ3) is 0.978. The summed E-state index contributed by atoms with van der Waals surface area (Å²) in [7, 11) is 0. The third-order valence-corrected chi connectivity index (χ3v) is 5.94. The average molecular weight is 298 g/mol. The van der Waals surface area contributed by atoms with Gasteiger partial charge < -0.3 is 0 Å². The lowest BCUT2D eigenvalue weighted by Gasteiger charge is -1.79. The topological polar surface area (TPSA) is 0 Å².